The van der Waals surface area contributed by atoms with E-state index in [1.165, 1.54) is 0 Å². The van der Waals surface area contributed by atoms with Crippen LogP contribution in [0.1, 0.15) is 12.6 Å². The Balaban J connectivity index is 2.28. The van der Waals surface area contributed by atoms with E-state index < -0.39 is 0 Å². The molecule has 0 aromatic carbocycles. The monoisotopic (exact) mass is 228 g/mol. The molecule has 0 radical (unpaired) electrons. The van der Waals surface area contributed by atoms with Crippen molar-refractivity contribution in [1.82, 2.24) is 20.3 Å². The molecule has 1 unspecified atom stereocenters. The second-order valence-electron chi connectivity index (χ2n) is 3.65. The summed E-state index contributed by atoms with van der Waals surface area (Å²) >= 11 is 0. The first-order valence-electron chi connectivity index (χ1n) is 5.37. The van der Waals surface area contributed by atoms with Crippen molar-refractivity contribution in [2.45, 2.75) is 26.1 Å². The summed E-state index contributed by atoms with van der Waals surface area (Å²) in [5, 5.41) is 11.3. The van der Waals surface area contributed by atoms with Crippen molar-refractivity contribution in [3.8, 4) is 0 Å². The SMILES string of the molecule is COCCNCc1cn(CC(C)OC)nn1. The van der Waals surface area contributed by atoms with Gasteiger partial charge in [0.1, 0.15) is 0 Å². The van der Waals surface area contributed by atoms with Gasteiger partial charge in [-0.25, -0.2) is 4.68 Å². The van der Waals surface area contributed by atoms with Gasteiger partial charge in [0.05, 0.1) is 24.9 Å². The molecule has 1 rings (SSSR count). The van der Waals surface area contributed by atoms with Gasteiger partial charge in [0, 0.05) is 33.5 Å². The van der Waals surface area contributed by atoms with Crippen LogP contribution in [0.15, 0.2) is 6.20 Å². The molecule has 1 N–H and O–H groups in total. The summed E-state index contributed by atoms with van der Waals surface area (Å²) in [5.74, 6) is 0. The maximum atomic E-state index is 5.16. The van der Waals surface area contributed by atoms with Gasteiger partial charge in [0.15, 0.2) is 0 Å². The minimum atomic E-state index is 0.149. The van der Waals surface area contributed by atoms with Crippen molar-refractivity contribution >= 4 is 0 Å². The Bertz CT molecular complexity index is 290. The van der Waals surface area contributed by atoms with Gasteiger partial charge in [-0.05, 0) is 6.92 Å². The van der Waals surface area contributed by atoms with Crippen LogP contribution >= 0.6 is 0 Å². The number of nitrogens with zero attached hydrogens (tertiary/aromatic N) is 3. The topological polar surface area (TPSA) is 61.2 Å². The summed E-state index contributed by atoms with van der Waals surface area (Å²) < 4.78 is 11.9. The minimum Gasteiger partial charge on any atom is -0.383 e. The van der Waals surface area contributed by atoms with E-state index in [-0.39, 0.29) is 6.10 Å². The molecule has 6 heteroatoms. The molecule has 0 saturated carbocycles. The van der Waals surface area contributed by atoms with Gasteiger partial charge in [-0.2, -0.15) is 0 Å². The van der Waals surface area contributed by atoms with Crippen LogP contribution in [0.25, 0.3) is 0 Å². The van der Waals surface area contributed by atoms with Gasteiger partial charge < -0.3 is 14.8 Å². The highest BCUT2D eigenvalue weighted by atomic mass is 16.5. The van der Waals surface area contributed by atoms with Crippen molar-refractivity contribution in [2.24, 2.45) is 0 Å². The summed E-state index contributed by atoms with van der Waals surface area (Å²) in [4.78, 5) is 0. The van der Waals surface area contributed by atoms with Gasteiger partial charge >= 0.3 is 0 Å². The molecular weight excluding hydrogens is 208 g/mol. The van der Waals surface area contributed by atoms with Crippen molar-refractivity contribution in [1.29, 1.82) is 0 Å². The Morgan fingerprint density at radius 3 is 3.00 bits per heavy atom. The van der Waals surface area contributed by atoms with Crippen LogP contribution in [0.2, 0.25) is 0 Å². The number of rotatable bonds is 8. The van der Waals surface area contributed by atoms with Gasteiger partial charge in [0.25, 0.3) is 0 Å². The minimum absolute atomic E-state index is 0.149. The number of nitrogens with one attached hydrogen (secondary N) is 1. The predicted molar refractivity (Wildman–Crippen MR) is 60.1 cm³/mol. The molecule has 0 bridgehead atoms. The highest BCUT2D eigenvalue weighted by Crippen LogP contribution is 1.96. The average molecular weight is 228 g/mol. The van der Waals surface area contributed by atoms with Gasteiger partial charge in [-0.1, -0.05) is 5.21 Å². The zero-order chi connectivity index (χ0) is 11.8. The molecule has 1 heterocycles. The average Bonchev–Trinajstić information content (AvgIpc) is 2.72. The largest absolute Gasteiger partial charge is 0.383 e. The van der Waals surface area contributed by atoms with Crippen molar-refractivity contribution < 1.29 is 9.47 Å². The first-order chi connectivity index (χ1) is 7.76. The van der Waals surface area contributed by atoms with E-state index in [4.69, 9.17) is 9.47 Å². The lowest BCUT2D eigenvalue weighted by molar-refractivity contribution is 0.0993. The third kappa shape index (κ3) is 4.69. The molecule has 0 amide bonds. The van der Waals surface area contributed by atoms with E-state index in [0.717, 1.165) is 18.8 Å². The summed E-state index contributed by atoms with van der Waals surface area (Å²) in [6.07, 6.45) is 2.07. The molecule has 1 aromatic rings. The van der Waals surface area contributed by atoms with Crippen LogP contribution in [0.5, 0.6) is 0 Å². The highest BCUT2D eigenvalue weighted by Gasteiger charge is 2.04. The number of ether oxygens (including phenoxy) is 2. The van der Waals surface area contributed by atoms with E-state index in [9.17, 15) is 0 Å². The molecule has 0 fully saturated rings. The van der Waals surface area contributed by atoms with Crippen LogP contribution < -0.4 is 5.32 Å². The van der Waals surface area contributed by atoms with Crippen LogP contribution in [0, 0.1) is 0 Å². The molecule has 1 atom stereocenters. The highest BCUT2D eigenvalue weighted by molar-refractivity contribution is 4.91. The zero-order valence-corrected chi connectivity index (χ0v) is 10.1. The number of methoxy groups -OCH3 is 2. The lowest BCUT2D eigenvalue weighted by Crippen LogP contribution is -2.18. The number of aromatic nitrogens is 3. The molecule has 0 spiro atoms. The summed E-state index contributed by atoms with van der Waals surface area (Å²) in [7, 11) is 3.37. The van der Waals surface area contributed by atoms with E-state index in [2.05, 4.69) is 15.6 Å². The number of hydrogen-bond acceptors (Lipinski definition) is 5. The molecule has 1 aromatic heterocycles. The first-order valence-corrected chi connectivity index (χ1v) is 5.37. The van der Waals surface area contributed by atoms with Crippen molar-refractivity contribution in [3.63, 3.8) is 0 Å². The second kappa shape index (κ2) is 7.32. The standard InChI is InChI=1S/C10H20N4O2/c1-9(16-3)7-14-8-10(12-13-14)6-11-4-5-15-2/h8-9,11H,4-7H2,1-3H3. The normalized spacial score (nSPS) is 12.9. The Labute approximate surface area is 95.9 Å². The van der Waals surface area contributed by atoms with E-state index in [1.54, 1.807) is 18.9 Å². The van der Waals surface area contributed by atoms with Crippen LogP contribution in [0.4, 0.5) is 0 Å². The summed E-state index contributed by atoms with van der Waals surface area (Å²) in [5.41, 5.74) is 0.930. The molecule has 0 aliphatic carbocycles. The second-order valence-corrected chi connectivity index (χ2v) is 3.65. The van der Waals surface area contributed by atoms with Crippen LogP contribution in [-0.2, 0) is 22.6 Å². The molecule has 16 heavy (non-hydrogen) atoms. The number of hydrogen-bond donors (Lipinski definition) is 1. The van der Waals surface area contributed by atoms with Crippen LogP contribution in [0.3, 0.4) is 0 Å². The summed E-state index contributed by atoms with van der Waals surface area (Å²) in [6, 6.07) is 0. The predicted octanol–water partition coefficient (Wildman–Crippen LogP) is 0.0490. The Morgan fingerprint density at radius 1 is 1.50 bits per heavy atom. The van der Waals surface area contributed by atoms with E-state index >= 15 is 0 Å². The first kappa shape index (κ1) is 13.1. The lowest BCUT2D eigenvalue weighted by Gasteiger charge is -2.07. The third-order valence-electron chi connectivity index (χ3n) is 2.22. The maximum absolute atomic E-state index is 5.16. The molecular formula is C10H20N4O2. The third-order valence-corrected chi connectivity index (χ3v) is 2.22. The molecule has 92 valence electrons. The Hall–Kier alpha value is -0.980. The van der Waals surface area contributed by atoms with Gasteiger partial charge in [0.2, 0.25) is 0 Å². The maximum Gasteiger partial charge on any atom is 0.0964 e. The Morgan fingerprint density at radius 2 is 2.31 bits per heavy atom. The van der Waals surface area contributed by atoms with Crippen molar-refractivity contribution in [2.75, 3.05) is 27.4 Å². The smallest absolute Gasteiger partial charge is 0.0964 e. The molecule has 0 aliphatic rings. The Kier molecular flexibility index (Phi) is 5.99. The van der Waals surface area contributed by atoms with Crippen molar-refractivity contribution in [3.05, 3.63) is 11.9 Å². The van der Waals surface area contributed by atoms with E-state index in [1.807, 2.05) is 13.1 Å². The fourth-order valence-electron chi connectivity index (χ4n) is 1.24. The lowest BCUT2D eigenvalue weighted by atomic mass is 10.4. The molecule has 0 saturated heterocycles. The van der Waals surface area contributed by atoms with Gasteiger partial charge in [-0.3, -0.25) is 0 Å². The van der Waals surface area contributed by atoms with Crippen LogP contribution in [-0.4, -0.2) is 48.5 Å². The molecule has 0 aliphatic heterocycles. The fraction of sp³-hybridized carbons (Fsp3) is 0.800. The van der Waals surface area contributed by atoms with E-state index in [0.29, 0.717) is 13.2 Å². The van der Waals surface area contributed by atoms with Gasteiger partial charge in [-0.15, -0.1) is 5.10 Å². The fourth-order valence-corrected chi connectivity index (χ4v) is 1.24. The quantitative estimate of drug-likeness (QED) is 0.637. The summed E-state index contributed by atoms with van der Waals surface area (Å²) in [6.45, 7) is 4.96. The molecule has 6 nitrogen and oxygen atoms in total. The zero-order valence-electron chi connectivity index (χ0n) is 10.1.